The SMILES string of the molecule is Clc1ccccc1CNC1CCSC1. The third-order valence-electron chi connectivity index (χ3n) is 2.47. The number of hydrogen-bond donors (Lipinski definition) is 1. The van der Waals surface area contributed by atoms with Gasteiger partial charge in [0.1, 0.15) is 0 Å². The van der Waals surface area contributed by atoms with Gasteiger partial charge in [0.2, 0.25) is 0 Å². The topological polar surface area (TPSA) is 12.0 Å². The lowest BCUT2D eigenvalue weighted by atomic mass is 10.2. The molecule has 0 spiro atoms. The fourth-order valence-electron chi connectivity index (χ4n) is 1.59. The van der Waals surface area contributed by atoms with E-state index >= 15 is 0 Å². The zero-order valence-electron chi connectivity index (χ0n) is 8.00. The van der Waals surface area contributed by atoms with E-state index in [4.69, 9.17) is 11.6 Å². The standard InChI is InChI=1S/C11H14ClNS/c12-11-4-2-1-3-9(11)7-13-10-5-6-14-8-10/h1-4,10,13H,5-8H2. The fraction of sp³-hybridized carbons (Fsp3) is 0.455. The van der Waals surface area contributed by atoms with Crippen LogP contribution in [0.2, 0.25) is 5.02 Å². The van der Waals surface area contributed by atoms with Crippen LogP contribution in [0, 0.1) is 0 Å². The number of thioether (sulfide) groups is 1. The fourth-order valence-corrected chi connectivity index (χ4v) is 2.98. The normalized spacial score (nSPS) is 21.4. The van der Waals surface area contributed by atoms with Gasteiger partial charge in [0.15, 0.2) is 0 Å². The molecule has 1 unspecified atom stereocenters. The minimum atomic E-state index is 0.677. The molecule has 0 radical (unpaired) electrons. The van der Waals surface area contributed by atoms with Crippen molar-refractivity contribution in [1.29, 1.82) is 0 Å². The van der Waals surface area contributed by atoms with E-state index < -0.39 is 0 Å². The molecule has 0 amide bonds. The number of halogens is 1. The monoisotopic (exact) mass is 227 g/mol. The van der Waals surface area contributed by atoms with Crippen molar-refractivity contribution in [2.75, 3.05) is 11.5 Å². The highest BCUT2D eigenvalue weighted by Gasteiger charge is 2.14. The van der Waals surface area contributed by atoms with E-state index in [0.717, 1.165) is 11.6 Å². The quantitative estimate of drug-likeness (QED) is 0.852. The first-order valence-corrected chi connectivity index (χ1v) is 6.44. The summed E-state index contributed by atoms with van der Waals surface area (Å²) < 4.78 is 0. The molecule has 14 heavy (non-hydrogen) atoms. The first-order chi connectivity index (χ1) is 6.86. The molecule has 0 aromatic heterocycles. The highest BCUT2D eigenvalue weighted by atomic mass is 35.5. The molecule has 1 aliphatic rings. The van der Waals surface area contributed by atoms with Crippen molar-refractivity contribution in [3.63, 3.8) is 0 Å². The summed E-state index contributed by atoms with van der Waals surface area (Å²) in [7, 11) is 0. The summed E-state index contributed by atoms with van der Waals surface area (Å²) in [6.07, 6.45) is 1.29. The molecule has 1 fully saturated rings. The molecular formula is C11H14ClNS. The first kappa shape index (κ1) is 10.3. The van der Waals surface area contributed by atoms with Gasteiger partial charge in [0.05, 0.1) is 0 Å². The summed E-state index contributed by atoms with van der Waals surface area (Å²) in [5.74, 6) is 2.53. The van der Waals surface area contributed by atoms with E-state index in [1.54, 1.807) is 0 Å². The molecule has 1 saturated heterocycles. The van der Waals surface area contributed by atoms with Gasteiger partial charge in [-0.3, -0.25) is 0 Å². The zero-order valence-corrected chi connectivity index (χ0v) is 9.57. The van der Waals surface area contributed by atoms with E-state index in [0.29, 0.717) is 6.04 Å². The molecule has 0 aliphatic carbocycles. The van der Waals surface area contributed by atoms with Gasteiger partial charge in [-0.05, 0) is 23.8 Å². The van der Waals surface area contributed by atoms with Crippen molar-refractivity contribution in [3.05, 3.63) is 34.9 Å². The highest BCUT2D eigenvalue weighted by Crippen LogP contribution is 2.19. The van der Waals surface area contributed by atoms with Crippen molar-refractivity contribution < 1.29 is 0 Å². The second-order valence-electron chi connectivity index (χ2n) is 3.53. The Hall–Kier alpha value is -0.180. The second kappa shape index (κ2) is 5.06. The molecule has 1 N–H and O–H groups in total. The molecule has 1 aliphatic heterocycles. The minimum Gasteiger partial charge on any atom is -0.309 e. The van der Waals surface area contributed by atoms with Crippen LogP contribution < -0.4 is 5.32 Å². The Morgan fingerprint density at radius 1 is 1.43 bits per heavy atom. The van der Waals surface area contributed by atoms with Gasteiger partial charge in [0, 0.05) is 23.4 Å². The predicted octanol–water partition coefficient (Wildman–Crippen LogP) is 2.94. The average Bonchev–Trinajstić information content (AvgIpc) is 2.69. The van der Waals surface area contributed by atoms with Gasteiger partial charge in [-0.25, -0.2) is 0 Å². The molecule has 2 rings (SSSR count). The molecular weight excluding hydrogens is 214 g/mol. The first-order valence-electron chi connectivity index (χ1n) is 4.91. The lowest BCUT2D eigenvalue weighted by Crippen LogP contribution is -2.28. The molecule has 3 heteroatoms. The summed E-state index contributed by atoms with van der Waals surface area (Å²) >= 11 is 8.09. The van der Waals surface area contributed by atoms with Crippen LogP contribution in [0.5, 0.6) is 0 Å². The second-order valence-corrected chi connectivity index (χ2v) is 5.09. The summed E-state index contributed by atoms with van der Waals surface area (Å²) in [4.78, 5) is 0. The maximum Gasteiger partial charge on any atom is 0.0450 e. The molecule has 1 aromatic rings. The number of rotatable bonds is 3. The Kier molecular flexibility index (Phi) is 3.74. The minimum absolute atomic E-state index is 0.677. The van der Waals surface area contributed by atoms with Gasteiger partial charge in [0.25, 0.3) is 0 Å². The molecule has 1 heterocycles. The zero-order chi connectivity index (χ0) is 9.80. The van der Waals surface area contributed by atoms with E-state index in [1.165, 1.54) is 23.5 Å². The van der Waals surface area contributed by atoms with Crippen LogP contribution in [0.3, 0.4) is 0 Å². The van der Waals surface area contributed by atoms with E-state index in [1.807, 2.05) is 30.0 Å². The Balaban J connectivity index is 1.88. The van der Waals surface area contributed by atoms with Gasteiger partial charge in [-0.15, -0.1) is 0 Å². The Morgan fingerprint density at radius 3 is 3.00 bits per heavy atom. The molecule has 76 valence electrons. The van der Waals surface area contributed by atoms with Gasteiger partial charge in [-0.1, -0.05) is 29.8 Å². The molecule has 1 aromatic carbocycles. The van der Waals surface area contributed by atoms with Crippen LogP contribution in [0.1, 0.15) is 12.0 Å². The number of benzene rings is 1. The van der Waals surface area contributed by atoms with Crippen molar-refractivity contribution >= 4 is 23.4 Å². The van der Waals surface area contributed by atoms with Gasteiger partial charge >= 0.3 is 0 Å². The van der Waals surface area contributed by atoms with Crippen LogP contribution in [-0.4, -0.2) is 17.5 Å². The number of hydrogen-bond acceptors (Lipinski definition) is 2. The third kappa shape index (κ3) is 2.66. The van der Waals surface area contributed by atoms with Crippen molar-refractivity contribution in [2.24, 2.45) is 0 Å². The molecule has 0 bridgehead atoms. The Morgan fingerprint density at radius 2 is 2.29 bits per heavy atom. The Bertz CT molecular complexity index is 297. The van der Waals surface area contributed by atoms with Gasteiger partial charge < -0.3 is 5.32 Å². The maximum absolute atomic E-state index is 6.06. The van der Waals surface area contributed by atoms with Crippen molar-refractivity contribution in [3.8, 4) is 0 Å². The molecule has 1 atom stereocenters. The van der Waals surface area contributed by atoms with Crippen LogP contribution in [0.25, 0.3) is 0 Å². The number of nitrogens with one attached hydrogen (secondary N) is 1. The average molecular weight is 228 g/mol. The summed E-state index contributed by atoms with van der Waals surface area (Å²) in [6, 6.07) is 8.71. The molecule has 1 nitrogen and oxygen atoms in total. The maximum atomic E-state index is 6.06. The Labute approximate surface area is 94.2 Å². The largest absolute Gasteiger partial charge is 0.309 e. The predicted molar refractivity (Wildman–Crippen MR) is 64.0 cm³/mol. The highest BCUT2D eigenvalue weighted by molar-refractivity contribution is 7.99. The summed E-state index contributed by atoms with van der Waals surface area (Å²) in [6.45, 7) is 0.894. The van der Waals surface area contributed by atoms with Gasteiger partial charge in [-0.2, -0.15) is 11.8 Å². The summed E-state index contributed by atoms with van der Waals surface area (Å²) in [5.41, 5.74) is 1.20. The van der Waals surface area contributed by atoms with E-state index in [9.17, 15) is 0 Å². The lowest BCUT2D eigenvalue weighted by molar-refractivity contribution is 0.558. The van der Waals surface area contributed by atoms with Crippen molar-refractivity contribution in [1.82, 2.24) is 5.32 Å². The van der Waals surface area contributed by atoms with Crippen LogP contribution in [0.15, 0.2) is 24.3 Å². The summed E-state index contributed by atoms with van der Waals surface area (Å²) in [5, 5.41) is 4.40. The van der Waals surface area contributed by atoms with E-state index in [2.05, 4.69) is 11.4 Å². The van der Waals surface area contributed by atoms with Crippen LogP contribution in [-0.2, 0) is 6.54 Å². The third-order valence-corrected chi connectivity index (χ3v) is 4.00. The lowest BCUT2D eigenvalue weighted by Gasteiger charge is -2.11. The van der Waals surface area contributed by atoms with E-state index in [-0.39, 0.29) is 0 Å². The van der Waals surface area contributed by atoms with Crippen LogP contribution >= 0.6 is 23.4 Å². The van der Waals surface area contributed by atoms with Crippen molar-refractivity contribution in [2.45, 2.75) is 19.0 Å². The smallest absolute Gasteiger partial charge is 0.0450 e. The molecule has 0 saturated carbocycles. The van der Waals surface area contributed by atoms with Crippen LogP contribution in [0.4, 0.5) is 0 Å².